The summed E-state index contributed by atoms with van der Waals surface area (Å²) in [7, 11) is 0. The zero-order valence-electron chi connectivity index (χ0n) is 6.04. The molecule has 0 amide bonds. The molecule has 0 fully saturated rings. The highest BCUT2D eigenvalue weighted by atomic mass is 79.9. The maximum Gasteiger partial charge on any atom is 0.131 e. The first-order chi connectivity index (χ1) is 4.75. The van der Waals surface area contributed by atoms with Crippen molar-refractivity contribution in [1.29, 1.82) is 0 Å². The van der Waals surface area contributed by atoms with E-state index in [0.717, 1.165) is 11.3 Å². The number of nitrogen functional groups attached to an aromatic ring is 1. The number of hydrogen-bond acceptors (Lipinski definition) is 3. The molecular formula is C6H9Br2N3. The van der Waals surface area contributed by atoms with Gasteiger partial charge in [0.2, 0.25) is 0 Å². The van der Waals surface area contributed by atoms with E-state index in [0.29, 0.717) is 11.1 Å². The summed E-state index contributed by atoms with van der Waals surface area (Å²) < 4.78 is 0. The van der Waals surface area contributed by atoms with E-state index in [1.54, 1.807) is 0 Å². The third kappa shape index (κ3) is 2.41. The van der Waals surface area contributed by atoms with E-state index < -0.39 is 0 Å². The molecule has 0 atom stereocenters. The Kier molecular flexibility index (Phi) is 4.60. The zero-order valence-corrected chi connectivity index (χ0v) is 9.34. The van der Waals surface area contributed by atoms with E-state index in [1.807, 2.05) is 6.92 Å². The van der Waals surface area contributed by atoms with Crippen molar-refractivity contribution >= 4 is 38.7 Å². The Balaban J connectivity index is 0.000001000. The summed E-state index contributed by atoms with van der Waals surface area (Å²) in [6.45, 7) is 1.91. The summed E-state index contributed by atoms with van der Waals surface area (Å²) in [5.41, 5.74) is 7.46. The lowest BCUT2D eigenvalue weighted by atomic mass is 10.2. The lowest BCUT2D eigenvalue weighted by Gasteiger charge is -2.01. The molecule has 0 aliphatic heterocycles. The molecule has 1 aromatic heterocycles. The first kappa shape index (κ1) is 10.8. The van der Waals surface area contributed by atoms with E-state index in [4.69, 9.17) is 5.73 Å². The topological polar surface area (TPSA) is 51.8 Å². The molecule has 2 N–H and O–H groups in total. The number of hydrogen-bond donors (Lipinski definition) is 1. The minimum atomic E-state index is 0. The van der Waals surface area contributed by atoms with Gasteiger partial charge in [0.15, 0.2) is 0 Å². The van der Waals surface area contributed by atoms with Gasteiger partial charge in [-0.25, -0.2) is 9.97 Å². The highest BCUT2D eigenvalue weighted by molar-refractivity contribution is 9.08. The van der Waals surface area contributed by atoms with Crippen molar-refractivity contribution in [1.82, 2.24) is 9.97 Å². The maximum absolute atomic E-state index is 5.55. The lowest BCUT2D eigenvalue weighted by Crippen LogP contribution is -1.99. The first-order valence-electron chi connectivity index (χ1n) is 2.87. The number of rotatable bonds is 1. The molecule has 3 nitrogen and oxygen atoms in total. The normalized spacial score (nSPS) is 8.91. The van der Waals surface area contributed by atoms with Crippen molar-refractivity contribution in [2.45, 2.75) is 12.3 Å². The van der Waals surface area contributed by atoms with Crippen LogP contribution in [0.4, 0.5) is 5.82 Å². The number of anilines is 1. The van der Waals surface area contributed by atoms with Crippen molar-refractivity contribution in [3.05, 3.63) is 17.6 Å². The van der Waals surface area contributed by atoms with Crippen LogP contribution in [0.3, 0.4) is 0 Å². The van der Waals surface area contributed by atoms with Gasteiger partial charge in [0, 0.05) is 16.6 Å². The molecule has 62 valence electrons. The van der Waals surface area contributed by atoms with Gasteiger partial charge in [0.1, 0.15) is 12.1 Å². The number of halogens is 2. The second-order valence-corrected chi connectivity index (χ2v) is 2.52. The molecule has 0 radical (unpaired) electrons. The van der Waals surface area contributed by atoms with Gasteiger partial charge >= 0.3 is 0 Å². The average Bonchev–Trinajstić information content (AvgIpc) is 1.88. The van der Waals surface area contributed by atoms with E-state index >= 15 is 0 Å². The molecule has 0 bridgehead atoms. The van der Waals surface area contributed by atoms with E-state index in [-0.39, 0.29) is 17.0 Å². The largest absolute Gasteiger partial charge is 0.383 e. The summed E-state index contributed by atoms with van der Waals surface area (Å²) >= 11 is 3.30. The van der Waals surface area contributed by atoms with Crippen LogP contribution in [0, 0.1) is 6.92 Å². The van der Waals surface area contributed by atoms with Crippen LogP contribution in [0.2, 0.25) is 0 Å². The van der Waals surface area contributed by atoms with Crippen molar-refractivity contribution < 1.29 is 0 Å². The van der Waals surface area contributed by atoms with E-state index in [9.17, 15) is 0 Å². The molecule has 0 unspecified atom stereocenters. The molecule has 11 heavy (non-hydrogen) atoms. The Morgan fingerprint density at radius 3 is 2.55 bits per heavy atom. The van der Waals surface area contributed by atoms with Crippen molar-refractivity contribution in [2.24, 2.45) is 0 Å². The monoisotopic (exact) mass is 281 g/mol. The van der Waals surface area contributed by atoms with Crippen LogP contribution < -0.4 is 5.73 Å². The molecule has 1 aromatic rings. The molecule has 0 aliphatic rings. The molecular weight excluding hydrogens is 274 g/mol. The Morgan fingerprint density at radius 2 is 2.18 bits per heavy atom. The number of aryl methyl sites for hydroxylation is 1. The molecule has 5 heteroatoms. The van der Waals surface area contributed by atoms with Crippen LogP contribution in [-0.2, 0) is 5.33 Å². The number of nitrogens with two attached hydrogens (primary N) is 1. The van der Waals surface area contributed by atoms with Gasteiger partial charge in [-0.2, -0.15) is 0 Å². The van der Waals surface area contributed by atoms with Gasteiger partial charge in [0.05, 0.1) is 0 Å². The van der Waals surface area contributed by atoms with Gasteiger partial charge in [-0.15, -0.1) is 17.0 Å². The summed E-state index contributed by atoms with van der Waals surface area (Å²) in [5.74, 6) is 0.560. The van der Waals surface area contributed by atoms with E-state index in [1.165, 1.54) is 6.33 Å². The van der Waals surface area contributed by atoms with E-state index in [2.05, 4.69) is 25.9 Å². The number of aromatic nitrogens is 2. The molecule has 1 heterocycles. The smallest absolute Gasteiger partial charge is 0.131 e. The van der Waals surface area contributed by atoms with Crippen LogP contribution in [0.1, 0.15) is 11.3 Å². The predicted octanol–water partition coefficient (Wildman–Crippen LogP) is 1.84. The fourth-order valence-electron chi connectivity index (χ4n) is 0.684. The first-order valence-corrected chi connectivity index (χ1v) is 3.99. The summed E-state index contributed by atoms with van der Waals surface area (Å²) in [6.07, 6.45) is 1.47. The number of alkyl halides is 1. The Hall–Kier alpha value is -0.160. The fourth-order valence-corrected chi connectivity index (χ4v) is 1.38. The molecule has 1 rings (SSSR count). The average molecular weight is 283 g/mol. The molecule has 0 aliphatic carbocycles. The minimum absolute atomic E-state index is 0. The van der Waals surface area contributed by atoms with Crippen molar-refractivity contribution in [2.75, 3.05) is 5.73 Å². The summed E-state index contributed by atoms with van der Waals surface area (Å²) in [6, 6.07) is 0. The Labute approximate surface area is 84.3 Å². The second-order valence-electron chi connectivity index (χ2n) is 1.96. The third-order valence-corrected chi connectivity index (χ3v) is 1.89. The fraction of sp³-hybridized carbons (Fsp3) is 0.333. The SMILES string of the molecule is Br.Cc1ncnc(N)c1CBr. The lowest BCUT2D eigenvalue weighted by molar-refractivity contribution is 1.07. The standard InChI is InChI=1S/C6H8BrN3.BrH/c1-4-5(2-7)6(8)10-3-9-4;/h3H,2H2,1H3,(H2,8,9,10);1H. The van der Waals surface area contributed by atoms with Crippen LogP contribution in [0.5, 0.6) is 0 Å². The van der Waals surface area contributed by atoms with Crippen LogP contribution >= 0.6 is 32.9 Å². The minimum Gasteiger partial charge on any atom is -0.383 e. The van der Waals surface area contributed by atoms with Gasteiger partial charge < -0.3 is 5.73 Å². The van der Waals surface area contributed by atoms with Crippen LogP contribution in [0.15, 0.2) is 6.33 Å². The zero-order chi connectivity index (χ0) is 7.56. The molecule has 0 spiro atoms. The van der Waals surface area contributed by atoms with Crippen LogP contribution in [-0.4, -0.2) is 9.97 Å². The van der Waals surface area contributed by atoms with Crippen LogP contribution in [0.25, 0.3) is 0 Å². The predicted molar refractivity (Wildman–Crippen MR) is 54.1 cm³/mol. The molecule has 0 saturated heterocycles. The van der Waals surface area contributed by atoms with Gasteiger partial charge in [-0.1, -0.05) is 15.9 Å². The highest BCUT2D eigenvalue weighted by Gasteiger charge is 2.01. The number of nitrogens with zero attached hydrogens (tertiary/aromatic N) is 2. The van der Waals surface area contributed by atoms with Crippen molar-refractivity contribution in [3.8, 4) is 0 Å². The van der Waals surface area contributed by atoms with Crippen molar-refractivity contribution in [3.63, 3.8) is 0 Å². The Bertz CT molecular complexity index is 219. The summed E-state index contributed by atoms with van der Waals surface area (Å²) in [4.78, 5) is 7.84. The second kappa shape index (κ2) is 4.66. The van der Waals surface area contributed by atoms with Gasteiger partial charge in [-0.3, -0.25) is 0 Å². The van der Waals surface area contributed by atoms with Gasteiger partial charge in [-0.05, 0) is 6.92 Å². The molecule has 0 saturated carbocycles. The highest BCUT2D eigenvalue weighted by Crippen LogP contribution is 2.13. The third-order valence-electron chi connectivity index (χ3n) is 1.33. The Morgan fingerprint density at radius 1 is 1.55 bits per heavy atom. The summed E-state index contributed by atoms with van der Waals surface area (Å²) in [5, 5.41) is 0.714. The van der Waals surface area contributed by atoms with Gasteiger partial charge in [0.25, 0.3) is 0 Å². The molecule has 0 aromatic carbocycles. The maximum atomic E-state index is 5.55. The quantitative estimate of drug-likeness (QED) is 0.800.